The molecule has 1 unspecified atom stereocenters. The molecule has 60 heavy (non-hydrogen) atoms. The molecule has 5 atom stereocenters. The molecule has 1 aromatic carbocycles. The summed E-state index contributed by atoms with van der Waals surface area (Å²) in [4.78, 5) is 68.4. The van der Waals surface area contributed by atoms with E-state index in [1.54, 1.807) is 42.6 Å². The van der Waals surface area contributed by atoms with Gasteiger partial charge in [0.1, 0.15) is 34.2 Å². The van der Waals surface area contributed by atoms with Gasteiger partial charge in [-0.05, 0) is 62.8 Å². The maximum absolute atomic E-state index is 14.8. The Bertz CT molecular complexity index is 2330. The number of pyridine rings is 2. The lowest BCUT2D eigenvalue weighted by Crippen LogP contribution is -2.57. The minimum absolute atomic E-state index is 0.0399. The van der Waals surface area contributed by atoms with Crippen LogP contribution in [-0.4, -0.2) is 107 Å². The number of amides is 4. The van der Waals surface area contributed by atoms with Crippen molar-refractivity contribution in [1.82, 2.24) is 29.8 Å². The molecule has 2 aliphatic carbocycles. The molecule has 18 heteroatoms. The van der Waals surface area contributed by atoms with Crippen LogP contribution in [0.5, 0.6) is 11.5 Å². The molecule has 2 aromatic heterocycles. The zero-order valence-corrected chi connectivity index (χ0v) is 34.7. The lowest BCUT2D eigenvalue weighted by atomic mass is 9.94. The zero-order valence-electron chi connectivity index (χ0n) is 33.1. The summed E-state index contributed by atoms with van der Waals surface area (Å²) in [6, 6.07) is 9.23. The first kappa shape index (κ1) is 41.8. The second kappa shape index (κ2) is 16.5. The molecule has 3 aromatic rings. The van der Waals surface area contributed by atoms with Crippen molar-refractivity contribution < 1.29 is 45.9 Å². The van der Waals surface area contributed by atoms with Crippen molar-refractivity contribution in [2.24, 2.45) is 11.8 Å². The molecule has 14 nitrogen and oxygen atoms in total. The van der Waals surface area contributed by atoms with Crippen LogP contribution in [0.3, 0.4) is 0 Å². The number of likely N-dealkylation sites (tertiary alicyclic amines) is 1. The van der Waals surface area contributed by atoms with Gasteiger partial charge in [0.05, 0.1) is 42.4 Å². The molecular weight excluding hydrogens is 822 g/mol. The van der Waals surface area contributed by atoms with E-state index in [9.17, 15) is 36.4 Å². The van der Waals surface area contributed by atoms with Crippen LogP contribution in [0.15, 0.2) is 54.7 Å². The predicted octanol–water partition coefficient (Wildman–Crippen LogP) is 5.18. The highest BCUT2D eigenvalue weighted by Crippen LogP contribution is 2.46. The van der Waals surface area contributed by atoms with Gasteiger partial charge in [0.25, 0.3) is 11.8 Å². The quantitative estimate of drug-likeness (QED) is 0.273. The van der Waals surface area contributed by atoms with Crippen LogP contribution >= 0.6 is 11.6 Å². The van der Waals surface area contributed by atoms with Gasteiger partial charge in [0.15, 0.2) is 0 Å². The minimum Gasteiger partial charge on any atom is -0.495 e. The number of carbonyl (C=O) groups excluding carboxylic acids is 4. The van der Waals surface area contributed by atoms with Crippen LogP contribution in [0.25, 0.3) is 22.3 Å². The second-order valence-corrected chi connectivity index (χ2v) is 18.9. The Morgan fingerprint density at radius 2 is 1.88 bits per heavy atom. The van der Waals surface area contributed by atoms with Crippen LogP contribution in [0, 0.1) is 11.8 Å². The standard InChI is InChI=1S/C42H47ClF2N6O8S/c1-58-33-15-14-29-34(21-31(47-37(29)36(33)43)30-11-7-8-17-46-30)59-27-20-32-38(53)48-42(40(55)49-60(56,57)28-12-13-28)22-26(42)10-6-4-2-3-5-9-25(39(54)51(32)23-27)19-35(52)50-18-16-41(44,45)24-50/h6-8,10-11,14-15,17,21,25-28,32H,2-5,9,12-13,16,18-20,22-24H2,1H3,(H,48,53)(H,49,55)/t25-,26?,27-,32+,42-/m1/s1. The first-order chi connectivity index (χ1) is 28.7. The molecule has 5 heterocycles. The number of hydrogen-bond acceptors (Lipinski definition) is 10. The van der Waals surface area contributed by atoms with Crippen molar-refractivity contribution in [2.45, 2.75) is 99.5 Å². The number of aromatic nitrogens is 2. The average Bonchev–Trinajstić information content (AvgIpc) is 4.12. The Balaban J connectivity index is 1.14. The van der Waals surface area contributed by atoms with Crippen molar-refractivity contribution in [3.8, 4) is 22.9 Å². The van der Waals surface area contributed by atoms with Crippen molar-refractivity contribution in [2.75, 3.05) is 26.7 Å². The zero-order chi connectivity index (χ0) is 42.4. The van der Waals surface area contributed by atoms with Crippen LogP contribution < -0.4 is 19.5 Å². The number of carbonyl (C=O) groups is 4. The Hall–Kier alpha value is -4.90. The molecule has 2 saturated heterocycles. The van der Waals surface area contributed by atoms with Crippen molar-refractivity contribution in [3.63, 3.8) is 0 Å². The lowest BCUT2D eigenvalue weighted by molar-refractivity contribution is -0.145. The maximum Gasteiger partial charge on any atom is 0.267 e. The number of alkyl halides is 2. The summed E-state index contributed by atoms with van der Waals surface area (Å²) in [6.07, 6.45) is 7.68. The van der Waals surface area contributed by atoms with Crippen molar-refractivity contribution in [1.29, 1.82) is 0 Å². The molecule has 2 saturated carbocycles. The van der Waals surface area contributed by atoms with Gasteiger partial charge in [-0.15, -0.1) is 0 Å². The highest BCUT2D eigenvalue weighted by atomic mass is 35.5. The minimum atomic E-state index is -3.95. The predicted molar refractivity (Wildman–Crippen MR) is 217 cm³/mol. The summed E-state index contributed by atoms with van der Waals surface area (Å²) in [6.45, 7) is -0.946. The van der Waals surface area contributed by atoms with Gasteiger partial charge in [0.2, 0.25) is 27.7 Å². The smallest absolute Gasteiger partial charge is 0.267 e. The number of methoxy groups -OCH3 is 1. The average molecular weight is 869 g/mol. The Morgan fingerprint density at radius 3 is 2.60 bits per heavy atom. The topological polar surface area (TPSA) is 177 Å². The summed E-state index contributed by atoms with van der Waals surface area (Å²) in [5, 5.41) is 2.94. The van der Waals surface area contributed by atoms with E-state index in [0.717, 1.165) is 11.3 Å². The number of hydrogen-bond donors (Lipinski definition) is 2. The number of ether oxygens (including phenoxy) is 2. The summed E-state index contributed by atoms with van der Waals surface area (Å²) in [5.74, 6) is -6.33. The van der Waals surface area contributed by atoms with E-state index >= 15 is 0 Å². The van der Waals surface area contributed by atoms with Crippen LogP contribution in [0.1, 0.15) is 70.6 Å². The first-order valence-electron chi connectivity index (χ1n) is 20.4. The summed E-state index contributed by atoms with van der Waals surface area (Å²) in [7, 11) is -2.47. The van der Waals surface area contributed by atoms with E-state index in [1.165, 1.54) is 12.0 Å². The molecule has 0 spiro atoms. The number of allylic oxidation sites excluding steroid dienone is 1. The SMILES string of the molecule is COc1ccc2c(O[C@@H]3C[C@H]4C(=O)N[C@]5(C(=O)NS(=O)(=O)C6CC6)CC5C=CCCCCC[C@H](CC(=O)N5CCC(F)(F)C5)C(=O)N4C3)cc(-c3ccccn3)nc2c1Cl. The molecule has 5 aliphatic rings. The van der Waals surface area contributed by atoms with Gasteiger partial charge in [-0.25, -0.2) is 22.2 Å². The molecule has 4 fully saturated rings. The third-order valence-corrected chi connectivity index (χ3v) is 14.4. The van der Waals surface area contributed by atoms with Crippen LogP contribution in [0.2, 0.25) is 5.02 Å². The van der Waals surface area contributed by atoms with Gasteiger partial charge in [-0.3, -0.25) is 28.9 Å². The number of benzene rings is 1. The second-order valence-electron chi connectivity index (χ2n) is 16.5. The molecule has 320 valence electrons. The van der Waals surface area contributed by atoms with E-state index in [4.69, 9.17) is 26.1 Å². The van der Waals surface area contributed by atoms with Gasteiger partial charge in [-0.2, -0.15) is 0 Å². The number of fused-ring (bicyclic) bond motifs is 3. The highest BCUT2D eigenvalue weighted by Gasteiger charge is 2.62. The number of halogens is 3. The molecule has 8 rings (SSSR count). The van der Waals surface area contributed by atoms with E-state index < -0.39 is 87.3 Å². The number of sulfonamides is 1. The van der Waals surface area contributed by atoms with Gasteiger partial charge in [-0.1, -0.05) is 42.7 Å². The molecule has 0 radical (unpaired) electrons. The maximum atomic E-state index is 14.8. The fraction of sp³-hybridized carbons (Fsp3) is 0.524. The highest BCUT2D eigenvalue weighted by molar-refractivity contribution is 7.91. The normalized spacial score (nSPS) is 27.0. The largest absolute Gasteiger partial charge is 0.495 e. The molecular formula is C42H47ClF2N6O8S. The third-order valence-electron chi connectivity index (χ3n) is 12.2. The van der Waals surface area contributed by atoms with Gasteiger partial charge in [0, 0.05) is 55.3 Å². The summed E-state index contributed by atoms with van der Waals surface area (Å²) < 4.78 is 68.5. The fourth-order valence-corrected chi connectivity index (χ4v) is 10.2. The Labute approximate surface area is 351 Å². The van der Waals surface area contributed by atoms with Gasteiger partial charge >= 0.3 is 0 Å². The van der Waals surface area contributed by atoms with Crippen molar-refractivity contribution in [3.05, 3.63) is 59.8 Å². The monoisotopic (exact) mass is 868 g/mol. The third kappa shape index (κ3) is 8.65. The molecule has 2 N–H and O–H groups in total. The molecule has 3 aliphatic heterocycles. The summed E-state index contributed by atoms with van der Waals surface area (Å²) in [5.41, 5.74) is -0.249. The number of nitrogens with one attached hydrogen (secondary N) is 2. The number of rotatable bonds is 9. The van der Waals surface area contributed by atoms with E-state index in [0.29, 0.717) is 65.9 Å². The summed E-state index contributed by atoms with van der Waals surface area (Å²) >= 11 is 6.78. The van der Waals surface area contributed by atoms with E-state index in [1.807, 2.05) is 12.2 Å². The van der Waals surface area contributed by atoms with Crippen molar-refractivity contribution >= 4 is 56.2 Å². The van der Waals surface area contributed by atoms with Crippen LogP contribution in [-0.2, 0) is 29.2 Å². The Morgan fingerprint density at radius 1 is 1.07 bits per heavy atom. The molecule has 0 bridgehead atoms. The Kier molecular flexibility index (Phi) is 11.5. The molecule has 4 amide bonds. The van der Waals surface area contributed by atoms with E-state index in [2.05, 4.69) is 15.0 Å². The van der Waals surface area contributed by atoms with E-state index in [-0.39, 0.29) is 43.8 Å². The fourth-order valence-electron chi connectivity index (χ4n) is 8.56. The van der Waals surface area contributed by atoms with Gasteiger partial charge < -0.3 is 24.6 Å². The van der Waals surface area contributed by atoms with Crippen LogP contribution in [0.4, 0.5) is 8.78 Å². The lowest BCUT2D eigenvalue weighted by Gasteiger charge is -2.30. The number of nitrogens with zero attached hydrogens (tertiary/aromatic N) is 4. The first-order valence-corrected chi connectivity index (χ1v) is 22.4.